The van der Waals surface area contributed by atoms with E-state index in [4.69, 9.17) is 85.5 Å². The molecule has 5 aliphatic heterocycles. The molecular formula is C69H76N12O24S. The Labute approximate surface area is 606 Å². The van der Waals surface area contributed by atoms with Crippen LogP contribution in [0.2, 0.25) is 0 Å². The number of nitrogens with one attached hydrogen (secondary N) is 1. The maximum Gasteiger partial charge on any atom is 0.501 e. The first kappa shape index (κ1) is 75.8. The fraction of sp³-hybridized carbons (Fsp3) is 0.435. The Hall–Kier alpha value is -11.4. The zero-order valence-corrected chi connectivity index (χ0v) is 59.7. The second kappa shape index (κ2) is 34.0. The minimum Gasteiger partial charge on any atom is -0.493 e. The average molecular weight is 1490 g/mol. The van der Waals surface area contributed by atoms with Crippen LogP contribution in [-0.2, 0) is 121 Å². The SMILES string of the molecule is COc1cc2c(cc1OCc1cc(COc3cc4c(cc3OC)C(=O)N3Cc5ncn(C)c5C[C@H]3C=N4)cc(OS(=O)(=O)Oc3cc(C(=O)NCCOCCOCCOCCN=[N+]=[N-])ccc3O[C@@H]3O[C@H](COC(C)=O)[C@H](OC(C)=O)[C@H](OC(C)=O)[C@H]3OC(C)=O)c1)N=C[C@@H]1Cc3c(ncn3C)CN1C2=O. The van der Waals surface area contributed by atoms with Crippen molar-refractivity contribution in [1.82, 2.24) is 34.2 Å². The zero-order chi connectivity index (χ0) is 75.3. The van der Waals surface area contributed by atoms with E-state index >= 15 is 0 Å². The van der Waals surface area contributed by atoms with Crippen LogP contribution < -0.4 is 37.4 Å². The van der Waals surface area contributed by atoms with Crippen molar-refractivity contribution < 1.29 is 112 Å². The number of carbonyl (C=O) groups is 7. The van der Waals surface area contributed by atoms with Crippen molar-refractivity contribution >= 4 is 75.8 Å². The molecule has 1 N–H and O–H groups in total. The summed E-state index contributed by atoms with van der Waals surface area (Å²) < 4.78 is 120. The molecule has 36 nitrogen and oxygen atoms in total. The van der Waals surface area contributed by atoms with Crippen molar-refractivity contribution in [3.8, 4) is 40.2 Å². The van der Waals surface area contributed by atoms with E-state index in [1.54, 1.807) is 53.1 Å². The molecule has 0 aliphatic carbocycles. The van der Waals surface area contributed by atoms with Crippen LogP contribution in [0.15, 0.2) is 88.4 Å². The molecule has 3 amide bonds. The molecule has 37 heteroatoms. The highest BCUT2D eigenvalue weighted by Gasteiger charge is 2.54. The fourth-order valence-corrected chi connectivity index (χ4v) is 13.0. The molecule has 4 aromatic carbocycles. The highest BCUT2D eigenvalue weighted by atomic mass is 32.3. The number of carbonyl (C=O) groups excluding carboxylic acids is 7. The molecule has 1 saturated heterocycles. The molecule has 0 spiro atoms. The van der Waals surface area contributed by atoms with Gasteiger partial charge in [-0.1, -0.05) is 5.11 Å². The van der Waals surface area contributed by atoms with Gasteiger partial charge in [-0.15, -0.1) is 8.42 Å². The Kier molecular flexibility index (Phi) is 24.3. The Balaban J connectivity index is 0.899. The summed E-state index contributed by atoms with van der Waals surface area (Å²) in [6.45, 7) is 4.46. The molecule has 0 unspecified atom stereocenters. The predicted octanol–water partition coefficient (Wildman–Crippen LogP) is 5.15. The van der Waals surface area contributed by atoms with Gasteiger partial charge in [-0.3, -0.25) is 43.5 Å². The molecule has 2 aromatic heterocycles. The van der Waals surface area contributed by atoms with Gasteiger partial charge in [0.05, 0.1) is 126 Å². The van der Waals surface area contributed by atoms with Crippen LogP contribution in [-0.4, -0.2) is 208 Å². The van der Waals surface area contributed by atoms with Gasteiger partial charge >= 0.3 is 34.3 Å². The molecule has 562 valence electrons. The quantitative estimate of drug-likeness (QED) is 0.0142. The van der Waals surface area contributed by atoms with Crippen LogP contribution in [0, 0.1) is 0 Å². The summed E-state index contributed by atoms with van der Waals surface area (Å²) in [5, 5.41) is 6.06. The van der Waals surface area contributed by atoms with E-state index in [1.165, 1.54) is 44.6 Å². The number of hydrogen-bond donors (Lipinski definition) is 1. The lowest BCUT2D eigenvalue weighted by Crippen LogP contribution is -2.63. The number of amides is 3. The van der Waals surface area contributed by atoms with E-state index in [0.29, 0.717) is 12.8 Å². The highest BCUT2D eigenvalue weighted by molar-refractivity contribution is 7.82. The van der Waals surface area contributed by atoms with Gasteiger partial charge in [-0.25, -0.2) is 9.97 Å². The molecule has 7 heterocycles. The van der Waals surface area contributed by atoms with E-state index in [2.05, 4.69) is 25.3 Å². The van der Waals surface area contributed by atoms with Crippen LogP contribution in [0.3, 0.4) is 0 Å². The number of benzene rings is 4. The molecular weight excluding hydrogens is 1410 g/mol. The third-order valence-corrected chi connectivity index (χ3v) is 17.9. The Bertz CT molecular complexity index is 4390. The predicted molar refractivity (Wildman–Crippen MR) is 367 cm³/mol. The lowest BCUT2D eigenvalue weighted by molar-refractivity contribution is -0.288. The van der Waals surface area contributed by atoms with Gasteiger partial charge in [-0.2, -0.15) is 0 Å². The second-order valence-electron chi connectivity index (χ2n) is 24.5. The third kappa shape index (κ3) is 18.4. The number of hydrogen-bond acceptors (Lipinski definition) is 29. The summed E-state index contributed by atoms with van der Waals surface area (Å²) in [6, 6.07) is 12.9. The largest absolute Gasteiger partial charge is 0.501 e. The topological polar surface area (TPSA) is 420 Å². The monoisotopic (exact) mass is 1490 g/mol. The summed E-state index contributed by atoms with van der Waals surface area (Å²) in [4.78, 5) is 117. The van der Waals surface area contributed by atoms with Gasteiger partial charge in [0, 0.05) is 114 Å². The molecule has 0 radical (unpaired) electrons. The van der Waals surface area contributed by atoms with Crippen molar-refractivity contribution in [3.63, 3.8) is 0 Å². The average Bonchev–Trinajstić information content (AvgIpc) is 1.54. The van der Waals surface area contributed by atoms with E-state index in [-0.39, 0.29) is 165 Å². The Morgan fingerprint density at radius 3 is 1.68 bits per heavy atom. The van der Waals surface area contributed by atoms with Crippen LogP contribution in [0.25, 0.3) is 10.4 Å². The van der Waals surface area contributed by atoms with Crippen molar-refractivity contribution in [2.45, 2.75) is 110 Å². The Morgan fingerprint density at radius 2 is 1.15 bits per heavy atom. The first-order chi connectivity index (χ1) is 51.0. The summed E-state index contributed by atoms with van der Waals surface area (Å²) in [6.07, 6.45) is -0.842. The second-order valence-corrected chi connectivity index (χ2v) is 25.7. The number of nitrogens with zero attached hydrogens (tertiary/aromatic N) is 11. The van der Waals surface area contributed by atoms with Crippen LogP contribution in [0.1, 0.15) is 92.7 Å². The maximum atomic E-state index is 14.8. The normalized spacial score (nSPS) is 19.0. The first-order valence-corrected chi connectivity index (χ1v) is 34.6. The fourth-order valence-electron chi connectivity index (χ4n) is 12.3. The van der Waals surface area contributed by atoms with Gasteiger partial charge < -0.3 is 94.2 Å². The summed E-state index contributed by atoms with van der Waals surface area (Å²) in [5.41, 5.74) is 13.3. The standard InChI is InChI=1S/C69H76N12O24S/c1-38(82)96-35-62-63(99-39(2)83)64(100-40(3)84)65(101-41(4)85)69(103-62)102-56-10-9-44(66(86)71-11-13-93-15-17-95-18-16-94-14-12-76-77-70)22-61(56)105-106(89,90)104-47-20-42(33-97-59-27-50-48(25-57(59)91-7)67(87)80-31-52-54(78(5)36-74-52)23-45(80)29-72-50)19-43(21-47)34-98-60-28-51-49(26-58(60)92-8)68(88)81-32-53-55(79(6)37-75-53)24-46(81)30-73-51/h9-10,19-22,25-30,36-37,45-46,62-65,69H,11-18,23-24,31-35H2,1-8H3,(H,71,86)/t45-,46-,62+,63-,64-,65+,69+/m0/s1. The Morgan fingerprint density at radius 1 is 0.623 bits per heavy atom. The number of methoxy groups -OCH3 is 2. The minimum absolute atomic E-state index is 0.00160. The first-order valence-electron chi connectivity index (χ1n) is 33.2. The lowest BCUT2D eigenvalue weighted by Gasteiger charge is -2.43. The number of azide groups is 1. The van der Waals surface area contributed by atoms with Crippen molar-refractivity contribution in [3.05, 3.63) is 134 Å². The highest BCUT2D eigenvalue weighted by Crippen LogP contribution is 2.42. The van der Waals surface area contributed by atoms with Gasteiger partial charge in [0.2, 0.25) is 12.4 Å². The van der Waals surface area contributed by atoms with E-state index in [1.807, 2.05) is 23.2 Å². The van der Waals surface area contributed by atoms with Crippen LogP contribution in [0.4, 0.5) is 11.4 Å². The van der Waals surface area contributed by atoms with E-state index in [9.17, 15) is 42.0 Å². The molecule has 0 bridgehead atoms. The number of fused-ring (bicyclic) bond motifs is 6. The molecule has 7 atom stereocenters. The zero-order valence-electron chi connectivity index (χ0n) is 58.9. The summed E-state index contributed by atoms with van der Waals surface area (Å²) in [5.74, 6) is -6.14. The number of imidazole rings is 2. The number of aromatic nitrogens is 4. The van der Waals surface area contributed by atoms with Crippen molar-refractivity contribution in [2.24, 2.45) is 29.2 Å². The van der Waals surface area contributed by atoms with E-state index < -0.39 is 94.7 Å². The lowest BCUT2D eigenvalue weighted by atomic mass is 9.98. The van der Waals surface area contributed by atoms with Crippen LogP contribution in [0.5, 0.6) is 40.2 Å². The minimum atomic E-state index is -5.44. The molecule has 1 fully saturated rings. The summed E-state index contributed by atoms with van der Waals surface area (Å²) in [7, 11) is 1.13. The summed E-state index contributed by atoms with van der Waals surface area (Å²) >= 11 is 0. The maximum absolute atomic E-state index is 14.8. The van der Waals surface area contributed by atoms with Crippen molar-refractivity contribution in [1.29, 1.82) is 0 Å². The van der Waals surface area contributed by atoms with Gasteiger partial charge in [0.15, 0.2) is 46.7 Å². The number of rotatable bonds is 32. The van der Waals surface area contributed by atoms with E-state index in [0.717, 1.165) is 62.6 Å². The van der Waals surface area contributed by atoms with Gasteiger partial charge in [-0.05, 0) is 65.2 Å². The molecule has 106 heavy (non-hydrogen) atoms. The van der Waals surface area contributed by atoms with Crippen LogP contribution >= 0.6 is 0 Å². The number of esters is 4. The molecule has 6 aromatic rings. The number of aryl methyl sites for hydroxylation is 2. The molecule has 5 aliphatic rings. The smallest absolute Gasteiger partial charge is 0.493 e. The van der Waals surface area contributed by atoms with Gasteiger partial charge in [0.1, 0.15) is 31.7 Å². The van der Waals surface area contributed by atoms with Crippen molar-refractivity contribution in [2.75, 3.05) is 73.6 Å². The molecule has 11 rings (SSSR count). The number of ether oxygens (including phenoxy) is 13. The third-order valence-electron chi connectivity index (χ3n) is 17.1. The number of aliphatic imine (C=N–C) groups is 2. The van der Waals surface area contributed by atoms with Gasteiger partial charge in [0.25, 0.3) is 17.7 Å². The molecule has 0 saturated carbocycles.